The van der Waals surface area contributed by atoms with Gasteiger partial charge in [-0.1, -0.05) is 17.7 Å². The van der Waals surface area contributed by atoms with Gasteiger partial charge in [0.15, 0.2) is 5.79 Å². The average molecular weight is 427 g/mol. The first-order valence-corrected chi connectivity index (χ1v) is 11.5. The van der Waals surface area contributed by atoms with E-state index in [0.717, 1.165) is 5.56 Å². The van der Waals surface area contributed by atoms with Gasteiger partial charge in [-0.25, -0.2) is 0 Å². The van der Waals surface area contributed by atoms with Crippen LogP contribution in [0.2, 0.25) is 0 Å². The molecule has 29 heavy (non-hydrogen) atoms. The highest BCUT2D eigenvalue weighted by atomic mass is 32.2. The number of aryl methyl sites for hydroxylation is 1. The summed E-state index contributed by atoms with van der Waals surface area (Å²) in [5, 5.41) is 11.0. The topological polar surface area (TPSA) is 91.3 Å². The Morgan fingerprint density at radius 3 is 2.38 bits per heavy atom. The number of fused-ring (bicyclic) bond motifs is 2. The number of rotatable bonds is 4. The maximum atomic E-state index is 12.4. The molecule has 4 saturated heterocycles. The Balaban J connectivity index is 1.40. The van der Waals surface area contributed by atoms with Crippen molar-refractivity contribution in [2.75, 3.05) is 13.2 Å². The minimum atomic E-state index is -3.81. The van der Waals surface area contributed by atoms with E-state index in [2.05, 4.69) is 0 Å². The molecule has 1 spiro atoms. The fourth-order valence-electron chi connectivity index (χ4n) is 4.62. The lowest BCUT2D eigenvalue weighted by Gasteiger charge is -2.66. The largest absolute Gasteiger partial charge is 0.363 e. The van der Waals surface area contributed by atoms with Crippen molar-refractivity contribution >= 4 is 10.1 Å². The number of hydrogen-bond donors (Lipinski definition) is 1. The summed E-state index contributed by atoms with van der Waals surface area (Å²) in [5.41, 5.74) is -0.505. The predicted molar refractivity (Wildman–Crippen MR) is 105 cm³/mol. The van der Waals surface area contributed by atoms with Crippen molar-refractivity contribution in [1.82, 2.24) is 0 Å². The quantitative estimate of drug-likeness (QED) is 0.740. The van der Waals surface area contributed by atoms with Crippen LogP contribution in [0, 0.1) is 12.8 Å². The lowest BCUT2D eigenvalue weighted by atomic mass is 9.72. The van der Waals surface area contributed by atoms with E-state index < -0.39 is 32.9 Å². The summed E-state index contributed by atoms with van der Waals surface area (Å²) >= 11 is 0. The van der Waals surface area contributed by atoms with Crippen LogP contribution in [0.25, 0.3) is 0 Å². The number of benzene rings is 1. The minimum Gasteiger partial charge on any atom is -0.363 e. The van der Waals surface area contributed by atoms with Crippen LogP contribution >= 0.6 is 0 Å². The van der Waals surface area contributed by atoms with Gasteiger partial charge >= 0.3 is 0 Å². The van der Waals surface area contributed by atoms with Crippen molar-refractivity contribution in [3.63, 3.8) is 0 Å². The van der Waals surface area contributed by atoms with Crippen molar-refractivity contribution < 1.29 is 31.9 Å². The SMILES string of the molecule is Cc1ccc(S(=O)(=O)OC[C@H]2CC[C@]3(OC2)OC2(O)CCC3(C)OC2(C)C)cc1. The number of hydrogen-bond acceptors (Lipinski definition) is 7. The van der Waals surface area contributed by atoms with E-state index in [1.54, 1.807) is 24.3 Å². The molecule has 0 aliphatic carbocycles. The maximum Gasteiger partial charge on any atom is 0.296 e. The van der Waals surface area contributed by atoms with E-state index in [9.17, 15) is 13.5 Å². The van der Waals surface area contributed by atoms with Crippen LogP contribution < -0.4 is 0 Å². The van der Waals surface area contributed by atoms with Crippen molar-refractivity contribution in [3.8, 4) is 0 Å². The van der Waals surface area contributed by atoms with Crippen molar-refractivity contribution in [1.29, 1.82) is 0 Å². The molecule has 0 radical (unpaired) electrons. The van der Waals surface area contributed by atoms with Gasteiger partial charge < -0.3 is 19.3 Å². The normalized spacial score (nSPS) is 39.0. The molecule has 1 N–H and O–H groups in total. The Hall–Kier alpha value is -1.03. The third-order valence-corrected chi connectivity index (χ3v) is 8.00. The van der Waals surface area contributed by atoms with Gasteiger partial charge in [-0.3, -0.25) is 4.18 Å². The molecule has 4 atom stereocenters. The molecule has 8 heteroatoms. The van der Waals surface area contributed by atoms with E-state index in [1.807, 2.05) is 27.7 Å². The van der Waals surface area contributed by atoms with Crippen LogP contribution in [0.5, 0.6) is 0 Å². The second kappa shape index (κ2) is 6.73. The van der Waals surface area contributed by atoms with Crippen molar-refractivity contribution in [3.05, 3.63) is 29.8 Å². The van der Waals surface area contributed by atoms with Crippen molar-refractivity contribution in [2.45, 2.75) is 81.1 Å². The van der Waals surface area contributed by atoms with Crippen LogP contribution in [0.3, 0.4) is 0 Å². The summed E-state index contributed by atoms with van der Waals surface area (Å²) in [6, 6.07) is 6.58. The standard InChI is InChI=1S/C21H30O7S/c1-15-5-7-17(8-6-15)29(23,24)26-14-16-9-10-21(25-13-16)19(4)11-12-20(22,28-21)18(2,3)27-19/h5-8,16,22H,9-14H2,1-4H3/t16-,19?,20?,21-/m0/s1. The molecular formula is C21H30O7S. The van der Waals surface area contributed by atoms with Crippen LogP contribution in [-0.2, 0) is 28.5 Å². The maximum absolute atomic E-state index is 12.4. The molecule has 1 aromatic rings. The molecule has 2 bridgehead atoms. The smallest absolute Gasteiger partial charge is 0.296 e. The van der Waals surface area contributed by atoms with E-state index >= 15 is 0 Å². The highest BCUT2D eigenvalue weighted by Gasteiger charge is 2.71. The van der Waals surface area contributed by atoms with E-state index in [4.69, 9.17) is 18.4 Å². The molecule has 0 aromatic heterocycles. The Labute approximate surface area is 172 Å². The molecule has 7 nitrogen and oxygen atoms in total. The van der Waals surface area contributed by atoms with Crippen molar-refractivity contribution in [2.24, 2.45) is 5.92 Å². The number of aliphatic hydroxyl groups is 1. The van der Waals surface area contributed by atoms with Gasteiger partial charge in [-0.05, 0) is 52.7 Å². The van der Waals surface area contributed by atoms with Gasteiger partial charge in [0, 0.05) is 18.8 Å². The molecule has 162 valence electrons. The predicted octanol–water partition coefficient (Wildman–Crippen LogP) is 2.89. The van der Waals surface area contributed by atoms with Gasteiger partial charge in [0.2, 0.25) is 5.79 Å². The Morgan fingerprint density at radius 1 is 1.10 bits per heavy atom. The van der Waals surface area contributed by atoms with E-state index in [1.165, 1.54) is 0 Å². The zero-order valence-electron chi connectivity index (χ0n) is 17.4. The van der Waals surface area contributed by atoms with E-state index in [0.29, 0.717) is 25.7 Å². The molecule has 4 heterocycles. The Bertz CT molecular complexity index is 871. The zero-order valence-corrected chi connectivity index (χ0v) is 18.3. The first-order chi connectivity index (χ1) is 13.4. The van der Waals surface area contributed by atoms with Gasteiger partial charge in [0.05, 0.1) is 18.1 Å². The summed E-state index contributed by atoms with van der Waals surface area (Å²) in [6.07, 6.45) is 2.28. The lowest BCUT2D eigenvalue weighted by Crippen LogP contribution is -2.78. The summed E-state index contributed by atoms with van der Waals surface area (Å²) < 4.78 is 48.6. The third-order valence-electron chi connectivity index (χ3n) is 6.70. The van der Waals surface area contributed by atoms with Gasteiger partial charge in [0.25, 0.3) is 10.1 Å². The first kappa shape index (κ1) is 21.2. The Morgan fingerprint density at radius 2 is 1.79 bits per heavy atom. The molecule has 0 amide bonds. The molecule has 4 aliphatic heterocycles. The molecule has 1 aromatic carbocycles. The monoisotopic (exact) mass is 426 g/mol. The van der Waals surface area contributed by atoms with Gasteiger partial charge in [-0.15, -0.1) is 0 Å². The molecule has 5 rings (SSSR count). The van der Waals surface area contributed by atoms with Crippen LogP contribution in [-0.4, -0.2) is 49.5 Å². The van der Waals surface area contributed by atoms with Gasteiger partial charge in [0.1, 0.15) is 11.2 Å². The van der Waals surface area contributed by atoms with Crippen LogP contribution in [0.4, 0.5) is 0 Å². The fourth-order valence-corrected chi connectivity index (χ4v) is 5.59. The molecule has 0 saturated carbocycles. The van der Waals surface area contributed by atoms with Crippen LogP contribution in [0.15, 0.2) is 29.2 Å². The number of ether oxygens (including phenoxy) is 3. The van der Waals surface area contributed by atoms with Crippen LogP contribution in [0.1, 0.15) is 52.0 Å². The third kappa shape index (κ3) is 3.43. The minimum absolute atomic E-state index is 0.0413. The summed E-state index contributed by atoms with van der Waals surface area (Å²) in [6.45, 7) is 7.83. The second-order valence-electron chi connectivity index (χ2n) is 9.25. The fraction of sp³-hybridized carbons (Fsp3) is 0.714. The molecule has 2 unspecified atom stereocenters. The summed E-state index contributed by atoms with van der Waals surface area (Å²) in [7, 11) is -3.81. The average Bonchev–Trinajstić information content (AvgIpc) is 2.64. The first-order valence-electron chi connectivity index (χ1n) is 10.1. The highest BCUT2D eigenvalue weighted by Crippen LogP contribution is 2.58. The molecular weight excluding hydrogens is 396 g/mol. The van der Waals surface area contributed by atoms with E-state index in [-0.39, 0.29) is 24.0 Å². The van der Waals surface area contributed by atoms with Gasteiger partial charge in [-0.2, -0.15) is 8.42 Å². The summed E-state index contributed by atoms with van der Waals surface area (Å²) in [4.78, 5) is 0.148. The zero-order chi connectivity index (χ0) is 21.1. The highest BCUT2D eigenvalue weighted by molar-refractivity contribution is 7.86. The molecule has 4 aliphatic rings. The second-order valence-corrected chi connectivity index (χ2v) is 10.9. The molecule has 4 fully saturated rings. The Kier molecular flexibility index (Phi) is 4.93. The lowest BCUT2D eigenvalue weighted by molar-refractivity contribution is -0.522. The summed E-state index contributed by atoms with van der Waals surface area (Å²) in [5.74, 6) is -2.51.